The van der Waals surface area contributed by atoms with Crippen molar-refractivity contribution in [2.75, 3.05) is 39.5 Å². The number of hydrogen-bond donors (Lipinski definition) is 2. The number of amides is 1. The van der Waals surface area contributed by atoms with Crippen LogP contribution in [0, 0.1) is 0 Å². The topological polar surface area (TPSA) is 61.8 Å². The van der Waals surface area contributed by atoms with Crippen molar-refractivity contribution in [2.24, 2.45) is 0 Å². The molecule has 0 unspecified atom stereocenters. The van der Waals surface area contributed by atoms with Crippen LogP contribution in [0.4, 0.5) is 13.2 Å². The van der Waals surface area contributed by atoms with E-state index < -0.39 is 25.2 Å². The minimum atomic E-state index is -4.38. The minimum absolute atomic E-state index is 0.0388. The van der Waals surface area contributed by atoms with E-state index in [0.29, 0.717) is 26.1 Å². The number of alkyl halides is 3. The monoisotopic (exact) mass is 284 g/mol. The maximum Gasteiger partial charge on any atom is 0.401 e. The first-order valence-corrected chi connectivity index (χ1v) is 6.18. The second-order valence-corrected chi connectivity index (χ2v) is 4.50. The molecule has 1 amide bonds. The highest BCUT2D eigenvalue weighted by atomic mass is 19.4. The van der Waals surface area contributed by atoms with Gasteiger partial charge in [-0.25, -0.2) is 0 Å². The van der Waals surface area contributed by atoms with E-state index in [9.17, 15) is 18.0 Å². The SMILES string of the molecule is O=C(CN(CCO)CC(F)(F)F)NC1CCOCC1. The molecule has 1 aliphatic heterocycles. The van der Waals surface area contributed by atoms with Gasteiger partial charge in [-0.15, -0.1) is 0 Å². The number of halogens is 3. The summed E-state index contributed by atoms with van der Waals surface area (Å²) in [6, 6.07) is -0.0388. The second kappa shape index (κ2) is 7.66. The molecular formula is C11H19F3N2O3. The molecule has 0 radical (unpaired) electrons. The van der Waals surface area contributed by atoms with Crippen LogP contribution < -0.4 is 5.32 Å². The Kier molecular flexibility index (Phi) is 6.53. The molecule has 1 heterocycles. The lowest BCUT2D eigenvalue weighted by atomic mass is 10.1. The van der Waals surface area contributed by atoms with Crippen LogP contribution in [0.15, 0.2) is 0 Å². The molecule has 0 bridgehead atoms. The second-order valence-electron chi connectivity index (χ2n) is 4.50. The first kappa shape index (κ1) is 16.2. The zero-order chi connectivity index (χ0) is 14.3. The summed E-state index contributed by atoms with van der Waals surface area (Å²) in [6.07, 6.45) is -3.04. The molecule has 0 aromatic rings. The summed E-state index contributed by atoms with van der Waals surface area (Å²) in [4.78, 5) is 12.5. The first-order valence-electron chi connectivity index (χ1n) is 6.18. The molecule has 112 valence electrons. The molecule has 0 aromatic carbocycles. The average Bonchev–Trinajstić information content (AvgIpc) is 2.28. The van der Waals surface area contributed by atoms with Gasteiger partial charge in [0, 0.05) is 25.8 Å². The molecular weight excluding hydrogens is 265 g/mol. The molecule has 1 rings (SSSR count). The van der Waals surface area contributed by atoms with E-state index in [2.05, 4.69) is 5.32 Å². The van der Waals surface area contributed by atoms with E-state index in [1.165, 1.54) is 0 Å². The van der Waals surface area contributed by atoms with Crippen molar-refractivity contribution in [1.29, 1.82) is 0 Å². The number of rotatable bonds is 6. The number of nitrogens with one attached hydrogen (secondary N) is 1. The molecule has 0 spiro atoms. The molecule has 19 heavy (non-hydrogen) atoms. The van der Waals surface area contributed by atoms with Crippen LogP contribution >= 0.6 is 0 Å². The Hall–Kier alpha value is -0.860. The van der Waals surface area contributed by atoms with E-state index in [1.807, 2.05) is 0 Å². The van der Waals surface area contributed by atoms with Crippen LogP contribution in [0.1, 0.15) is 12.8 Å². The minimum Gasteiger partial charge on any atom is -0.395 e. The predicted molar refractivity (Wildman–Crippen MR) is 61.6 cm³/mol. The van der Waals surface area contributed by atoms with E-state index >= 15 is 0 Å². The van der Waals surface area contributed by atoms with Gasteiger partial charge in [0.05, 0.1) is 19.7 Å². The Bertz CT molecular complexity index is 281. The molecule has 1 fully saturated rings. The van der Waals surface area contributed by atoms with Crippen molar-refractivity contribution in [3.63, 3.8) is 0 Å². The molecule has 0 saturated carbocycles. The normalized spacial score (nSPS) is 17.7. The third-order valence-corrected chi connectivity index (χ3v) is 2.77. The van der Waals surface area contributed by atoms with Crippen LogP contribution in [0.5, 0.6) is 0 Å². The van der Waals surface area contributed by atoms with Crippen LogP contribution in [0.3, 0.4) is 0 Å². The summed E-state index contributed by atoms with van der Waals surface area (Å²) < 4.78 is 41.9. The van der Waals surface area contributed by atoms with E-state index in [0.717, 1.165) is 4.90 Å². The van der Waals surface area contributed by atoms with Crippen molar-refractivity contribution >= 4 is 5.91 Å². The fourth-order valence-corrected chi connectivity index (χ4v) is 1.93. The Morgan fingerprint density at radius 2 is 2.00 bits per heavy atom. The average molecular weight is 284 g/mol. The van der Waals surface area contributed by atoms with E-state index in [-0.39, 0.29) is 19.1 Å². The highest BCUT2D eigenvalue weighted by Crippen LogP contribution is 2.16. The van der Waals surface area contributed by atoms with Crippen molar-refractivity contribution in [3.8, 4) is 0 Å². The highest BCUT2D eigenvalue weighted by Gasteiger charge is 2.31. The molecule has 8 heteroatoms. The summed E-state index contributed by atoms with van der Waals surface area (Å²) in [7, 11) is 0. The Morgan fingerprint density at radius 1 is 1.37 bits per heavy atom. The van der Waals surface area contributed by atoms with Gasteiger partial charge in [-0.3, -0.25) is 9.69 Å². The highest BCUT2D eigenvalue weighted by molar-refractivity contribution is 5.78. The van der Waals surface area contributed by atoms with Crippen molar-refractivity contribution in [1.82, 2.24) is 10.2 Å². The number of nitrogens with zero attached hydrogens (tertiary/aromatic N) is 1. The zero-order valence-electron chi connectivity index (χ0n) is 10.6. The van der Waals surface area contributed by atoms with Crippen LogP contribution in [0.25, 0.3) is 0 Å². The molecule has 1 aliphatic rings. The molecule has 1 saturated heterocycles. The lowest BCUT2D eigenvalue weighted by molar-refractivity contribution is -0.149. The summed E-state index contributed by atoms with van der Waals surface area (Å²) in [5.74, 6) is -0.454. The smallest absolute Gasteiger partial charge is 0.395 e. The van der Waals surface area contributed by atoms with Gasteiger partial charge >= 0.3 is 6.18 Å². The Balaban J connectivity index is 2.37. The van der Waals surface area contributed by atoms with Crippen LogP contribution in [-0.4, -0.2) is 67.6 Å². The lowest BCUT2D eigenvalue weighted by Crippen LogP contribution is -2.46. The number of hydrogen-bond acceptors (Lipinski definition) is 4. The van der Waals surface area contributed by atoms with Gasteiger partial charge in [0.2, 0.25) is 5.91 Å². The number of aliphatic hydroxyl groups excluding tert-OH is 1. The van der Waals surface area contributed by atoms with Gasteiger partial charge in [-0.1, -0.05) is 0 Å². The van der Waals surface area contributed by atoms with Crippen LogP contribution in [0.2, 0.25) is 0 Å². The van der Waals surface area contributed by atoms with Crippen molar-refractivity contribution in [2.45, 2.75) is 25.1 Å². The van der Waals surface area contributed by atoms with Gasteiger partial charge in [0.1, 0.15) is 0 Å². The van der Waals surface area contributed by atoms with Gasteiger partial charge in [-0.2, -0.15) is 13.2 Å². The quantitative estimate of drug-likeness (QED) is 0.728. The fraction of sp³-hybridized carbons (Fsp3) is 0.909. The van der Waals surface area contributed by atoms with Gasteiger partial charge in [-0.05, 0) is 12.8 Å². The summed E-state index contributed by atoms with van der Waals surface area (Å²) in [5.41, 5.74) is 0. The van der Waals surface area contributed by atoms with Crippen molar-refractivity contribution < 1.29 is 27.8 Å². The van der Waals surface area contributed by atoms with Gasteiger partial charge < -0.3 is 15.2 Å². The first-order chi connectivity index (χ1) is 8.90. The maximum atomic E-state index is 12.3. The zero-order valence-corrected chi connectivity index (χ0v) is 10.6. The molecule has 0 aliphatic carbocycles. The van der Waals surface area contributed by atoms with E-state index in [1.54, 1.807) is 0 Å². The summed E-state index contributed by atoms with van der Waals surface area (Å²) >= 11 is 0. The molecule has 5 nitrogen and oxygen atoms in total. The Morgan fingerprint density at radius 3 is 2.53 bits per heavy atom. The maximum absolute atomic E-state index is 12.3. The summed E-state index contributed by atoms with van der Waals surface area (Å²) in [6.45, 7) is -1.06. The number of ether oxygens (including phenoxy) is 1. The third-order valence-electron chi connectivity index (χ3n) is 2.77. The van der Waals surface area contributed by atoms with Crippen molar-refractivity contribution in [3.05, 3.63) is 0 Å². The number of aliphatic hydroxyl groups is 1. The summed E-state index contributed by atoms with van der Waals surface area (Å²) in [5, 5.41) is 11.4. The predicted octanol–water partition coefficient (Wildman–Crippen LogP) is 0.138. The van der Waals surface area contributed by atoms with E-state index in [4.69, 9.17) is 9.84 Å². The lowest BCUT2D eigenvalue weighted by Gasteiger charge is -2.26. The Labute approximate surface area is 109 Å². The largest absolute Gasteiger partial charge is 0.401 e. The standard InChI is InChI=1S/C11H19F3N2O3/c12-11(13,14)8-16(3-4-17)7-10(18)15-9-1-5-19-6-2-9/h9,17H,1-8H2,(H,15,18). The number of carbonyl (C=O) groups is 1. The molecule has 2 N–H and O–H groups in total. The van der Waals surface area contributed by atoms with Crippen LogP contribution in [-0.2, 0) is 9.53 Å². The third kappa shape index (κ3) is 7.34. The fourth-order valence-electron chi connectivity index (χ4n) is 1.93. The molecule has 0 aromatic heterocycles. The van der Waals surface area contributed by atoms with Gasteiger partial charge in [0.15, 0.2) is 0 Å². The molecule has 0 atom stereocenters. The van der Waals surface area contributed by atoms with Gasteiger partial charge in [0.25, 0.3) is 0 Å². The number of carbonyl (C=O) groups excluding carboxylic acids is 1.